The summed E-state index contributed by atoms with van der Waals surface area (Å²) in [4.78, 5) is 0. The second-order valence-corrected chi connectivity index (χ2v) is 9.89. The molecule has 146 valence electrons. The summed E-state index contributed by atoms with van der Waals surface area (Å²) in [5.41, 5.74) is 0. The van der Waals surface area contributed by atoms with Crippen LogP contribution in [0.4, 0.5) is 0 Å². The van der Waals surface area contributed by atoms with Crippen LogP contribution in [0.3, 0.4) is 0 Å². The van der Waals surface area contributed by atoms with Gasteiger partial charge in [-0.05, 0) is 23.7 Å². The molecule has 3 saturated carbocycles. The summed E-state index contributed by atoms with van der Waals surface area (Å²) in [5.74, 6) is 4.38. The van der Waals surface area contributed by atoms with Crippen LogP contribution in [0.5, 0.6) is 0 Å². The van der Waals surface area contributed by atoms with Crippen molar-refractivity contribution < 1.29 is 0 Å². The second kappa shape index (κ2) is 11.7. The quantitative estimate of drug-likeness (QED) is 0.479. The first-order valence-corrected chi connectivity index (χ1v) is 12.4. The minimum absolute atomic E-state index is 1.09. The SMILES string of the molecule is C1CCCC(C(C2CCCCCCC2)C2CCCCCCC2)CCC1. The van der Waals surface area contributed by atoms with Crippen molar-refractivity contribution in [3.63, 3.8) is 0 Å². The molecule has 0 radical (unpaired) electrons. The Kier molecular flexibility index (Phi) is 9.21. The van der Waals surface area contributed by atoms with Crippen LogP contribution in [0.1, 0.15) is 135 Å². The Labute approximate surface area is 158 Å². The first-order chi connectivity index (χ1) is 12.4. The Morgan fingerprint density at radius 1 is 0.280 bits per heavy atom. The molecule has 0 bridgehead atoms. The summed E-state index contributed by atoms with van der Waals surface area (Å²) >= 11 is 0. The predicted octanol–water partition coefficient (Wildman–Crippen LogP) is 8.68. The molecule has 0 aromatic rings. The minimum atomic E-state index is 1.09. The Bertz CT molecular complexity index is 257. The normalized spacial score (nSPS) is 27.7. The van der Waals surface area contributed by atoms with Gasteiger partial charge in [-0.25, -0.2) is 0 Å². The van der Waals surface area contributed by atoms with Gasteiger partial charge in [0.15, 0.2) is 0 Å². The van der Waals surface area contributed by atoms with E-state index < -0.39 is 0 Å². The van der Waals surface area contributed by atoms with Gasteiger partial charge in [-0.3, -0.25) is 0 Å². The van der Waals surface area contributed by atoms with Crippen LogP contribution in [0, 0.1) is 23.7 Å². The van der Waals surface area contributed by atoms with Gasteiger partial charge in [0.1, 0.15) is 0 Å². The molecule has 3 rings (SSSR count). The van der Waals surface area contributed by atoms with Crippen molar-refractivity contribution in [2.24, 2.45) is 23.7 Å². The van der Waals surface area contributed by atoms with Gasteiger partial charge in [-0.2, -0.15) is 0 Å². The Balaban J connectivity index is 1.72. The molecule has 0 heterocycles. The fraction of sp³-hybridized carbons (Fsp3) is 1.00. The highest BCUT2D eigenvalue weighted by Crippen LogP contribution is 2.45. The Morgan fingerprint density at radius 2 is 0.480 bits per heavy atom. The molecule has 3 fully saturated rings. The van der Waals surface area contributed by atoms with E-state index >= 15 is 0 Å². The zero-order valence-electron chi connectivity index (χ0n) is 17.2. The van der Waals surface area contributed by atoms with Gasteiger partial charge in [-0.1, -0.05) is 135 Å². The lowest BCUT2D eigenvalue weighted by molar-refractivity contribution is 0.0841. The molecule has 0 unspecified atom stereocenters. The minimum Gasteiger partial charge on any atom is -0.0533 e. The van der Waals surface area contributed by atoms with Crippen LogP contribution in [0.25, 0.3) is 0 Å². The fourth-order valence-corrected chi connectivity index (χ4v) is 6.77. The maximum atomic E-state index is 1.58. The summed E-state index contributed by atoms with van der Waals surface area (Å²) in [7, 11) is 0. The number of rotatable bonds is 3. The molecule has 25 heavy (non-hydrogen) atoms. The third kappa shape index (κ3) is 6.59. The molecule has 3 aliphatic carbocycles. The lowest BCUT2D eigenvalue weighted by Crippen LogP contribution is -2.32. The molecule has 0 aromatic heterocycles. The Hall–Kier alpha value is 0. The van der Waals surface area contributed by atoms with E-state index in [-0.39, 0.29) is 0 Å². The largest absolute Gasteiger partial charge is 0.0533 e. The van der Waals surface area contributed by atoms with E-state index in [0.29, 0.717) is 0 Å². The van der Waals surface area contributed by atoms with Crippen molar-refractivity contribution in [2.75, 3.05) is 0 Å². The van der Waals surface area contributed by atoms with Crippen molar-refractivity contribution in [1.29, 1.82) is 0 Å². The fourth-order valence-electron chi connectivity index (χ4n) is 6.77. The predicted molar refractivity (Wildman–Crippen MR) is 111 cm³/mol. The second-order valence-electron chi connectivity index (χ2n) is 9.89. The summed E-state index contributed by atoms with van der Waals surface area (Å²) in [5, 5.41) is 0. The summed E-state index contributed by atoms with van der Waals surface area (Å²) in [6, 6.07) is 0. The van der Waals surface area contributed by atoms with Crippen molar-refractivity contribution in [1.82, 2.24) is 0 Å². The zero-order chi connectivity index (χ0) is 17.2. The average molecular weight is 347 g/mol. The average Bonchev–Trinajstić information content (AvgIpc) is 2.51. The van der Waals surface area contributed by atoms with E-state index in [9.17, 15) is 0 Å². The van der Waals surface area contributed by atoms with Crippen LogP contribution in [-0.2, 0) is 0 Å². The Morgan fingerprint density at radius 3 is 0.720 bits per heavy atom. The van der Waals surface area contributed by atoms with Crippen LogP contribution >= 0.6 is 0 Å². The first kappa shape index (κ1) is 19.8. The zero-order valence-corrected chi connectivity index (χ0v) is 17.2. The maximum Gasteiger partial charge on any atom is -0.0329 e. The van der Waals surface area contributed by atoms with E-state index in [1.807, 2.05) is 0 Å². The molecule has 0 atom stereocenters. The van der Waals surface area contributed by atoms with Crippen molar-refractivity contribution in [2.45, 2.75) is 135 Å². The molecule has 0 spiro atoms. The van der Waals surface area contributed by atoms with Gasteiger partial charge in [0, 0.05) is 0 Å². The molecule has 0 aliphatic heterocycles. The molecule has 0 aromatic carbocycles. The third-order valence-corrected chi connectivity index (χ3v) is 8.08. The van der Waals surface area contributed by atoms with Crippen LogP contribution in [-0.4, -0.2) is 0 Å². The van der Waals surface area contributed by atoms with Gasteiger partial charge in [0.2, 0.25) is 0 Å². The lowest BCUT2D eigenvalue weighted by Gasteiger charge is -2.42. The molecule has 0 nitrogen and oxygen atoms in total. The lowest BCUT2D eigenvalue weighted by atomic mass is 9.64. The van der Waals surface area contributed by atoms with Gasteiger partial charge in [0.25, 0.3) is 0 Å². The standard InChI is InChI=1S/C25H46/c1-4-10-16-22(17-11-5-1)25(23-18-12-6-2-7-13-19-23)24-20-14-8-3-9-15-21-24/h22-25H,1-21H2. The third-order valence-electron chi connectivity index (χ3n) is 8.08. The number of hydrogen-bond acceptors (Lipinski definition) is 0. The molecule has 0 saturated heterocycles. The van der Waals surface area contributed by atoms with Crippen molar-refractivity contribution >= 4 is 0 Å². The highest BCUT2D eigenvalue weighted by molar-refractivity contribution is 4.85. The van der Waals surface area contributed by atoms with Crippen LogP contribution in [0.2, 0.25) is 0 Å². The van der Waals surface area contributed by atoms with E-state index in [2.05, 4.69) is 0 Å². The summed E-state index contributed by atoms with van der Waals surface area (Å²) < 4.78 is 0. The number of hydrogen-bond donors (Lipinski definition) is 0. The van der Waals surface area contributed by atoms with Crippen molar-refractivity contribution in [3.8, 4) is 0 Å². The maximum absolute atomic E-state index is 1.58. The monoisotopic (exact) mass is 346 g/mol. The topological polar surface area (TPSA) is 0 Å². The smallest absolute Gasteiger partial charge is 0.0329 e. The van der Waals surface area contributed by atoms with Gasteiger partial charge < -0.3 is 0 Å². The molecule has 0 N–H and O–H groups in total. The van der Waals surface area contributed by atoms with E-state index in [4.69, 9.17) is 0 Å². The van der Waals surface area contributed by atoms with Crippen LogP contribution < -0.4 is 0 Å². The summed E-state index contributed by atoms with van der Waals surface area (Å²) in [6.45, 7) is 0. The van der Waals surface area contributed by atoms with E-state index in [1.54, 1.807) is 77.0 Å². The van der Waals surface area contributed by atoms with E-state index in [0.717, 1.165) is 23.7 Å². The molecule has 3 aliphatic rings. The molecular weight excluding hydrogens is 300 g/mol. The van der Waals surface area contributed by atoms with Gasteiger partial charge >= 0.3 is 0 Å². The van der Waals surface area contributed by atoms with Gasteiger partial charge in [-0.15, -0.1) is 0 Å². The molecule has 0 heteroatoms. The first-order valence-electron chi connectivity index (χ1n) is 12.4. The van der Waals surface area contributed by atoms with Crippen molar-refractivity contribution in [3.05, 3.63) is 0 Å². The van der Waals surface area contributed by atoms with Crippen LogP contribution in [0.15, 0.2) is 0 Å². The van der Waals surface area contributed by atoms with E-state index in [1.165, 1.54) is 57.8 Å². The molecule has 0 amide bonds. The highest BCUT2D eigenvalue weighted by atomic mass is 14.4. The highest BCUT2D eigenvalue weighted by Gasteiger charge is 2.35. The molecular formula is C25H46. The van der Waals surface area contributed by atoms with Gasteiger partial charge in [0.05, 0.1) is 0 Å². The summed E-state index contributed by atoms with van der Waals surface area (Å²) in [6.07, 6.45) is 32.5.